The molecule has 4 atom stereocenters. The summed E-state index contributed by atoms with van der Waals surface area (Å²) in [4.78, 5) is 32.8. The molecule has 0 unspecified atom stereocenters. The van der Waals surface area contributed by atoms with Crippen LogP contribution < -0.4 is 5.32 Å². The van der Waals surface area contributed by atoms with Crippen LogP contribution in [-0.4, -0.2) is 21.8 Å². The summed E-state index contributed by atoms with van der Waals surface area (Å²) < 4.78 is 0. The Morgan fingerprint density at radius 1 is 1.12 bits per heavy atom. The van der Waals surface area contributed by atoms with Crippen LogP contribution in [0.25, 0.3) is 0 Å². The van der Waals surface area contributed by atoms with Crippen LogP contribution in [0, 0.1) is 38.0 Å². The van der Waals surface area contributed by atoms with Crippen molar-refractivity contribution in [1.82, 2.24) is 5.32 Å². The fourth-order valence-corrected chi connectivity index (χ4v) is 4.24. The van der Waals surface area contributed by atoms with Crippen LogP contribution in [0.15, 0.2) is 18.2 Å². The summed E-state index contributed by atoms with van der Waals surface area (Å²) in [5, 5.41) is 24.7. The first-order valence-corrected chi connectivity index (χ1v) is 8.10. The summed E-state index contributed by atoms with van der Waals surface area (Å²) in [5.41, 5.74) is -0.963. The molecule has 2 aliphatic rings. The van der Waals surface area contributed by atoms with Crippen LogP contribution in [0.5, 0.6) is 0 Å². The van der Waals surface area contributed by atoms with Gasteiger partial charge in [0.15, 0.2) is 0 Å². The van der Waals surface area contributed by atoms with Crippen LogP contribution in [0.1, 0.15) is 43.0 Å². The standard InChI is InChI=1S/C16H19N3O5/c1-9(15-5-10-2-3-11(15)4-10)17-16(20)12-6-13(18(21)22)8-14(7-12)19(23)24/h6-11,15H,2-5H2,1H3,(H,17,20)/t9-,10-,11-,15+/m0/s1. The second-order valence-corrected chi connectivity index (χ2v) is 6.85. The van der Waals surface area contributed by atoms with Crippen LogP contribution in [0.2, 0.25) is 0 Å². The van der Waals surface area contributed by atoms with E-state index in [0.29, 0.717) is 11.8 Å². The van der Waals surface area contributed by atoms with Crippen molar-refractivity contribution in [3.8, 4) is 0 Å². The molecule has 0 aromatic heterocycles. The lowest BCUT2D eigenvalue weighted by atomic mass is 9.84. The van der Waals surface area contributed by atoms with E-state index in [0.717, 1.165) is 30.5 Å². The third-order valence-corrected chi connectivity index (χ3v) is 5.38. The molecule has 1 aromatic carbocycles. The maximum Gasteiger partial charge on any atom is 0.277 e. The summed E-state index contributed by atoms with van der Waals surface area (Å²) in [6, 6.07) is 2.97. The molecule has 1 aromatic rings. The second-order valence-electron chi connectivity index (χ2n) is 6.85. The van der Waals surface area contributed by atoms with Crippen molar-refractivity contribution >= 4 is 17.3 Å². The lowest BCUT2D eigenvalue weighted by Gasteiger charge is -2.28. The first-order chi connectivity index (χ1) is 11.3. The zero-order valence-electron chi connectivity index (χ0n) is 13.3. The van der Waals surface area contributed by atoms with Gasteiger partial charge in [0.05, 0.1) is 21.5 Å². The number of carbonyl (C=O) groups is 1. The molecule has 1 N–H and O–H groups in total. The highest BCUT2D eigenvalue weighted by Gasteiger charge is 2.42. The molecule has 2 aliphatic carbocycles. The Bertz CT molecular complexity index is 673. The van der Waals surface area contributed by atoms with Gasteiger partial charge < -0.3 is 5.32 Å². The normalized spacial score (nSPS) is 26.1. The summed E-state index contributed by atoms with van der Waals surface area (Å²) in [7, 11) is 0. The van der Waals surface area contributed by atoms with Crippen molar-refractivity contribution in [2.75, 3.05) is 0 Å². The Morgan fingerprint density at radius 2 is 1.75 bits per heavy atom. The number of rotatable bonds is 5. The van der Waals surface area contributed by atoms with Gasteiger partial charge in [-0.1, -0.05) is 6.42 Å². The Balaban J connectivity index is 1.76. The average molecular weight is 333 g/mol. The van der Waals surface area contributed by atoms with Gasteiger partial charge in [-0.2, -0.15) is 0 Å². The number of fused-ring (bicyclic) bond motifs is 2. The number of hydrogen-bond acceptors (Lipinski definition) is 5. The Kier molecular flexibility index (Phi) is 4.21. The number of benzene rings is 1. The van der Waals surface area contributed by atoms with E-state index in [4.69, 9.17) is 0 Å². The lowest BCUT2D eigenvalue weighted by Crippen LogP contribution is -2.40. The number of hydrogen-bond donors (Lipinski definition) is 1. The molecule has 24 heavy (non-hydrogen) atoms. The van der Waals surface area contributed by atoms with Gasteiger partial charge in [0.1, 0.15) is 0 Å². The molecule has 128 valence electrons. The number of non-ortho nitro benzene ring substituents is 2. The minimum absolute atomic E-state index is 0.0499. The minimum atomic E-state index is -0.733. The van der Waals surface area contributed by atoms with E-state index in [1.807, 2.05) is 6.92 Å². The Hall–Kier alpha value is -2.51. The number of amides is 1. The largest absolute Gasteiger partial charge is 0.349 e. The van der Waals surface area contributed by atoms with Crippen molar-refractivity contribution in [1.29, 1.82) is 0 Å². The molecule has 8 nitrogen and oxygen atoms in total. The van der Waals surface area contributed by atoms with Gasteiger partial charge in [-0.05, 0) is 43.9 Å². The highest BCUT2D eigenvalue weighted by atomic mass is 16.6. The Morgan fingerprint density at radius 3 is 2.21 bits per heavy atom. The monoisotopic (exact) mass is 333 g/mol. The Labute approximate surface area is 138 Å². The number of nitrogens with zero attached hydrogens (tertiary/aromatic N) is 2. The summed E-state index contributed by atoms with van der Waals surface area (Å²) >= 11 is 0. The van der Waals surface area contributed by atoms with E-state index < -0.39 is 27.1 Å². The van der Waals surface area contributed by atoms with Gasteiger partial charge in [-0.25, -0.2) is 0 Å². The molecule has 2 saturated carbocycles. The average Bonchev–Trinajstić information content (AvgIpc) is 3.17. The summed E-state index contributed by atoms with van der Waals surface area (Å²) in [6.07, 6.45) is 4.77. The first kappa shape index (κ1) is 16.4. The lowest BCUT2D eigenvalue weighted by molar-refractivity contribution is -0.394. The van der Waals surface area contributed by atoms with E-state index in [2.05, 4.69) is 5.32 Å². The van der Waals surface area contributed by atoms with E-state index in [9.17, 15) is 25.0 Å². The quantitative estimate of drug-likeness (QED) is 0.656. The minimum Gasteiger partial charge on any atom is -0.349 e. The molecule has 0 heterocycles. The van der Waals surface area contributed by atoms with Crippen molar-refractivity contribution in [3.63, 3.8) is 0 Å². The van der Waals surface area contributed by atoms with Gasteiger partial charge in [-0.3, -0.25) is 25.0 Å². The maximum absolute atomic E-state index is 12.4. The molecule has 0 spiro atoms. The zero-order valence-corrected chi connectivity index (χ0v) is 13.3. The molecule has 0 aliphatic heterocycles. The van der Waals surface area contributed by atoms with Crippen LogP contribution in [0.3, 0.4) is 0 Å². The van der Waals surface area contributed by atoms with Gasteiger partial charge in [0, 0.05) is 18.2 Å². The smallest absolute Gasteiger partial charge is 0.277 e. The predicted molar refractivity (Wildman–Crippen MR) is 85.6 cm³/mol. The fraction of sp³-hybridized carbons (Fsp3) is 0.562. The molecule has 3 rings (SSSR count). The predicted octanol–water partition coefficient (Wildman–Crippen LogP) is 3.06. The number of nitrogens with one attached hydrogen (secondary N) is 1. The molecule has 2 fully saturated rings. The SMILES string of the molecule is C[C@H](NC(=O)c1cc([N+](=O)[O-])cc([N+](=O)[O-])c1)[C@H]1C[C@H]2CC[C@H]1C2. The number of nitro benzene ring substituents is 2. The molecule has 8 heteroatoms. The van der Waals surface area contributed by atoms with Gasteiger partial charge >= 0.3 is 0 Å². The van der Waals surface area contributed by atoms with Crippen molar-refractivity contribution < 1.29 is 14.6 Å². The maximum atomic E-state index is 12.4. The van der Waals surface area contributed by atoms with E-state index >= 15 is 0 Å². The molecule has 0 radical (unpaired) electrons. The van der Waals surface area contributed by atoms with Crippen LogP contribution in [-0.2, 0) is 0 Å². The van der Waals surface area contributed by atoms with E-state index in [1.165, 1.54) is 19.3 Å². The molecular weight excluding hydrogens is 314 g/mol. The van der Waals surface area contributed by atoms with Crippen molar-refractivity contribution in [2.45, 2.75) is 38.6 Å². The molecular formula is C16H19N3O5. The number of carbonyl (C=O) groups excluding carboxylic acids is 1. The topological polar surface area (TPSA) is 115 Å². The van der Waals surface area contributed by atoms with Crippen LogP contribution in [0.4, 0.5) is 11.4 Å². The first-order valence-electron chi connectivity index (χ1n) is 8.10. The van der Waals surface area contributed by atoms with E-state index in [1.54, 1.807) is 0 Å². The second kappa shape index (κ2) is 6.18. The van der Waals surface area contributed by atoms with Crippen molar-refractivity contribution in [3.05, 3.63) is 44.0 Å². The van der Waals surface area contributed by atoms with Crippen LogP contribution >= 0.6 is 0 Å². The molecule has 1 amide bonds. The zero-order chi connectivity index (χ0) is 17.4. The summed E-state index contributed by atoms with van der Waals surface area (Å²) in [5.74, 6) is 1.29. The third-order valence-electron chi connectivity index (χ3n) is 5.38. The van der Waals surface area contributed by atoms with Gasteiger partial charge in [-0.15, -0.1) is 0 Å². The fourth-order valence-electron chi connectivity index (χ4n) is 4.24. The van der Waals surface area contributed by atoms with Crippen molar-refractivity contribution in [2.24, 2.45) is 17.8 Å². The van der Waals surface area contributed by atoms with Gasteiger partial charge in [0.25, 0.3) is 17.3 Å². The molecule has 0 saturated heterocycles. The molecule has 2 bridgehead atoms. The highest BCUT2D eigenvalue weighted by Crippen LogP contribution is 2.49. The number of nitro groups is 2. The highest BCUT2D eigenvalue weighted by molar-refractivity contribution is 5.95. The van der Waals surface area contributed by atoms with E-state index in [-0.39, 0.29) is 11.6 Å². The third kappa shape index (κ3) is 3.08. The van der Waals surface area contributed by atoms with Gasteiger partial charge in [0.2, 0.25) is 0 Å². The summed E-state index contributed by atoms with van der Waals surface area (Å²) in [6.45, 7) is 1.94.